The van der Waals surface area contributed by atoms with E-state index in [0.717, 1.165) is 4.90 Å². The Morgan fingerprint density at radius 2 is 2.18 bits per heavy atom. The number of nitrogens with one attached hydrogen (secondary N) is 1. The molecule has 0 aliphatic carbocycles. The molecule has 2 aromatic rings. The van der Waals surface area contributed by atoms with Crippen LogP contribution in [0.2, 0.25) is 0 Å². The average molecular weight is 475 g/mol. The van der Waals surface area contributed by atoms with Crippen LogP contribution >= 0.6 is 11.8 Å². The molecule has 4 rings (SSSR count). The molecule has 0 bridgehead atoms. The summed E-state index contributed by atoms with van der Waals surface area (Å²) in [7, 11) is 1.26. The smallest absolute Gasteiger partial charge is 0.352 e. The average Bonchev–Trinajstić information content (AvgIpc) is 3.33. The van der Waals surface area contributed by atoms with Gasteiger partial charge in [0.2, 0.25) is 5.71 Å². The van der Waals surface area contributed by atoms with E-state index in [1.807, 2.05) is 0 Å². The molecule has 1 unspecified atom stereocenters. The van der Waals surface area contributed by atoms with Crippen LogP contribution in [0.3, 0.4) is 0 Å². The first-order chi connectivity index (χ1) is 15.9. The number of carboxylic acids is 1. The van der Waals surface area contributed by atoms with Crippen LogP contribution in [0.25, 0.3) is 0 Å². The van der Waals surface area contributed by atoms with Gasteiger partial charge in [0.25, 0.3) is 11.8 Å². The number of ether oxygens (including phenoxy) is 1. The zero-order chi connectivity index (χ0) is 23.5. The molecule has 0 spiro atoms. The van der Waals surface area contributed by atoms with Crippen LogP contribution in [0.1, 0.15) is 5.76 Å². The lowest BCUT2D eigenvalue weighted by Crippen LogP contribution is -2.71. The summed E-state index contributed by atoms with van der Waals surface area (Å²) in [6.45, 7) is -0.130. The van der Waals surface area contributed by atoms with E-state index < -0.39 is 35.0 Å². The monoisotopic (exact) mass is 475 g/mol. The molecule has 172 valence electrons. The maximum Gasteiger partial charge on any atom is 0.352 e. The van der Waals surface area contributed by atoms with Crippen LogP contribution in [0, 0.1) is 5.82 Å². The van der Waals surface area contributed by atoms with Crippen molar-refractivity contribution in [1.82, 2.24) is 10.2 Å². The molecule has 1 aromatic carbocycles. The summed E-state index contributed by atoms with van der Waals surface area (Å²) in [5.74, 6) is -2.44. The van der Waals surface area contributed by atoms with E-state index in [1.54, 1.807) is 12.1 Å². The predicted molar refractivity (Wildman–Crippen MR) is 114 cm³/mol. The molecule has 0 radical (unpaired) electrons. The van der Waals surface area contributed by atoms with Crippen LogP contribution in [0.15, 0.2) is 63.5 Å². The fourth-order valence-electron chi connectivity index (χ4n) is 3.43. The first kappa shape index (κ1) is 22.4. The Hall–Kier alpha value is -3.80. The molecule has 2 aliphatic rings. The SMILES string of the molecule is CON=C(C(=O)NC1C(=O)N2C(C(=O)O)=C(COc3cccc(F)c3)CS[C@@H]12)c1ccco1. The maximum absolute atomic E-state index is 13.4. The maximum atomic E-state index is 13.4. The second kappa shape index (κ2) is 9.36. The second-order valence-electron chi connectivity index (χ2n) is 6.96. The van der Waals surface area contributed by atoms with Gasteiger partial charge in [-0.2, -0.15) is 0 Å². The van der Waals surface area contributed by atoms with E-state index in [0.29, 0.717) is 5.57 Å². The number of carbonyl (C=O) groups is 3. The fourth-order valence-corrected chi connectivity index (χ4v) is 4.76. The number of rotatable bonds is 8. The number of carboxylic acid groups (broad SMARTS) is 1. The highest BCUT2D eigenvalue weighted by atomic mass is 32.2. The van der Waals surface area contributed by atoms with Crippen molar-refractivity contribution in [3.05, 3.63) is 65.5 Å². The van der Waals surface area contributed by atoms with Gasteiger partial charge in [0.15, 0.2) is 5.76 Å². The molecule has 33 heavy (non-hydrogen) atoms. The molecule has 2 N–H and O–H groups in total. The third kappa shape index (κ3) is 4.42. The van der Waals surface area contributed by atoms with Crippen molar-refractivity contribution >= 4 is 35.3 Å². The van der Waals surface area contributed by atoms with Gasteiger partial charge in [-0.1, -0.05) is 11.2 Å². The highest BCUT2D eigenvalue weighted by Gasteiger charge is 2.54. The molecule has 2 aliphatic heterocycles. The molecule has 10 nitrogen and oxygen atoms in total. The summed E-state index contributed by atoms with van der Waals surface area (Å²) >= 11 is 1.28. The lowest BCUT2D eigenvalue weighted by Gasteiger charge is -2.49. The minimum absolute atomic E-state index is 0.130. The summed E-state index contributed by atoms with van der Waals surface area (Å²) < 4.78 is 24.0. The number of halogens is 1. The van der Waals surface area contributed by atoms with Crippen molar-refractivity contribution in [1.29, 1.82) is 0 Å². The van der Waals surface area contributed by atoms with Crippen LogP contribution in [0.4, 0.5) is 4.39 Å². The van der Waals surface area contributed by atoms with Gasteiger partial charge in [-0.3, -0.25) is 14.5 Å². The third-order valence-corrected chi connectivity index (χ3v) is 6.24. The number of fused-ring (bicyclic) bond motifs is 1. The number of thioether (sulfide) groups is 1. The fraction of sp³-hybridized carbons (Fsp3) is 0.238. The Bertz CT molecular complexity index is 1150. The Morgan fingerprint density at radius 1 is 1.36 bits per heavy atom. The molecular weight excluding hydrogens is 457 g/mol. The van der Waals surface area contributed by atoms with E-state index in [9.17, 15) is 23.9 Å². The van der Waals surface area contributed by atoms with Gasteiger partial charge < -0.3 is 24.4 Å². The molecule has 1 fully saturated rings. The molecule has 12 heteroatoms. The van der Waals surface area contributed by atoms with E-state index in [1.165, 1.54) is 49.4 Å². The van der Waals surface area contributed by atoms with Crippen LogP contribution in [-0.4, -0.2) is 64.4 Å². The van der Waals surface area contributed by atoms with Crippen LogP contribution in [-0.2, 0) is 19.2 Å². The van der Waals surface area contributed by atoms with Gasteiger partial charge in [-0.25, -0.2) is 9.18 Å². The number of hydrogen-bond acceptors (Lipinski definition) is 8. The number of benzene rings is 1. The first-order valence-electron chi connectivity index (χ1n) is 9.65. The van der Waals surface area contributed by atoms with Crippen molar-refractivity contribution in [2.75, 3.05) is 19.5 Å². The summed E-state index contributed by atoms with van der Waals surface area (Å²) in [6, 6.07) is 7.58. The normalized spacial score (nSPS) is 20.1. The minimum atomic E-state index is -1.30. The molecule has 2 amide bonds. The van der Waals surface area contributed by atoms with Gasteiger partial charge in [0.05, 0.1) is 6.26 Å². The number of hydrogen-bond donors (Lipinski definition) is 2. The second-order valence-corrected chi connectivity index (χ2v) is 8.07. The number of amides is 2. The number of furan rings is 1. The van der Waals surface area contributed by atoms with E-state index >= 15 is 0 Å². The van der Waals surface area contributed by atoms with Crippen molar-refractivity contribution in [3.63, 3.8) is 0 Å². The molecule has 0 saturated carbocycles. The number of oxime groups is 1. The predicted octanol–water partition coefficient (Wildman–Crippen LogP) is 1.59. The highest BCUT2D eigenvalue weighted by Crippen LogP contribution is 2.40. The van der Waals surface area contributed by atoms with Crippen molar-refractivity contribution in [2.45, 2.75) is 11.4 Å². The third-order valence-electron chi connectivity index (χ3n) is 4.90. The molecular formula is C21H18FN3O7S. The summed E-state index contributed by atoms with van der Waals surface area (Å²) in [5, 5.41) is 15.3. The Labute approximate surface area is 191 Å². The van der Waals surface area contributed by atoms with Gasteiger partial charge in [0, 0.05) is 17.4 Å². The summed E-state index contributed by atoms with van der Waals surface area (Å²) in [4.78, 5) is 43.2. The Kier molecular flexibility index (Phi) is 6.36. The highest BCUT2D eigenvalue weighted by molar-refractivity contribution is 8.00. The largest absolute Gasteiger partial charge is 0.489 e. The summed E-state index contributed by atoms with van der Waals surface area (Å²) in [6.07, 6.45) is 1.36. The van der Waals surface area contributed by atoms with E-state index in [4.69, 9.17) is 14.0 Å². The van der Waals surface area contributed by atoms with Crippen molar-refractivity contribution in [2.24, 2.45) is 5.16 Å². The topological polar surface area (TPSA) is 131 Å². The van der Waals surface area contributed by atoms with Gasteiger partial charge >= 0.3 is 5.97 Å². The molecule has 2 atom stereocenters. The number of β-lactam (4-membered cyclic amide) rings is 1. The minimum Gasteiger partial charge on any atom is -0.489 e. The van der Waals surface area contributed by atoms with E-state index in [-0.39, 0.29) is 35.3 Å². The lowest BCUT2D eigenvalue weighted by atomic mass is 10.0. The van der Waals surface area contributed by atoms with Gasteiger partial charge in [0.1, 0.15) is 42.4 Å². The zero-order valence-electron chi connectivity index (χ0n) is 17.2. The number of nitrogens with zero attached hydrogens (tertiary/aromatic N) is 2. The number of carbonyl (C=O) groups excluding carboxylic acids is 2. The summed E-state index contributed by atoms with van der Waals surface area (Å²) in [5.41, 5.74) is -0.00133. The standard InChI is InChI=1S/C21H18FN3O7S/c1-30-24-15(14-6-3-7-31-14)18(26)23-16-19(27)25-17(21(28)29)11(10-33-20(16)25)9-32-13-5-2-4-12(22)8-13/h2-8,16,20H,9-10H2,1H3,(H,23,26)(H,28,29)/t16?,20-/m0/s1. The molecule has 1 saturated heterocycles. The molecule has 1 aromatic heterocycles. The molecule has 3 heterocycles. The van der Waals surface area contributed by atoms with Crippen molar-refractivity contribution in [3.8, 4) is 5.75 Å². The number of aliphatic carboxylic acids is 1. The van der Waals surface area contributed by atoms with Crippen LogP contribution in [0.5, 0.6) is 5.75 Å². The Morgan fingerprint density at radius 3 is 2.85 bits per heavy atom. The lowest BCUT2D eigenvalue weighted by molar-refractivity contribution is -0.150. The zero-order valence-corrected chi connectivity index (χ0v) is 18.0. The van der Waals surface area contributed by atoms with Gasteiger partial charge in [-0.05, 0) is 24.3 Å². The van der Waals surface area contributed by atoms with Crippen molar-refractivity contribution < 1.29 is 37.9 Å². The van der Waals surface area contributed by atoms with E-state index in [2.05, 4.69) is 10.5 Å². The quantitative estimate of drug-likeness (QED) is 0.334. The van der Waals surface area contributed by atoms with Gasteiger partial charge in [-0.15, -0.1) is 11.8 Å². The Balaban J connectivity index is 1.49. The van der Waals surface area contributed by atoms with Crippen LogP contribution < -0.4 is 10.1 Å². The first-order valence-corrected chi connectivity index (χ1v) is 10.7.